The highest BCUT2D eigenvalue weighted by atomic mass is 35.5. The van der Waals surface area contributed by atoms with Crippen LogP contribution < -0.4 is 11.2 Å². The van der Waals surface area contributed by atoms with E-state index in [2.05, 4.69) is 0 Å². The predicted octanol–water partition coefficient (Wildman–Crippen LogP) is 1.29. The first-order valence-electron chi connectivity index (χ1n) is 5.30. The van der Waals surface area contributed by atoms with E-state index in [0.29, 0.717) is 0 Å². The molecule has 1 heterocycles. The molecule has 0 spiro atoms. The van der Waals surface area contributed by atoms with Crippen LogP contribution in [0.4, 0.5) is 10.1 Å². The van der Waals surface area contributed by atoms with E-state index in [1.54, 1.807) is 4.98 Å². The second kappa shape index (κ2) is 5.25. The second-order valence-electron chi connectivity index (χ2n) is 3.89. The molecule has 1 N–H and O–H groups in total. The fourth-order valence-corrected chi connectivity index (χ4v) is 1.79. The molecule has 9 heteroatoms. The summed E-state index contributed by atoms with van der Waals surface area (Å²) in [5.74, 6) is -0.616. The standard InChI is InChI=1S/C11H7ClFN3O4/c12-7-1-2-8(13)6(3-7)4-15-5-9(16(19)20)10(17)14-11(15)18/h1-3,5H,4H2,(H,14,17,18). The number of aromatic nitrogens is 2. The highest BCUT2D eigenvalue weighted by molar-refractivity contribution is 6.30. The summed E-state index contributed by atoms with van der Waals surface area (Å²) < 4.78 is 14.4. The number of nitrogens with one attached hydrogen (secondary N) is 1. The molecule has 0 bridgehead atoms. The van der Waals surface area contributed by atoms with E-state index < -0.39 is 27.7 Å². The van der Waals surface area contributed by atoms with Gasteiger partial charge in [0.15, 0.2) is 0 Å². The zero-order valence-electron chi connectivity index (χ0n) is 9.80. The van der Waals surface area contributed by atoms with Crippen LogP contribution in [0.5, 0.6) is 0 Å². The molecule has 0 saturated heterocycles. The summed E-state index contributed by atoms with van der Waals surface area (Å²) in [6, 6.07) is 3.74. The fraction of sp³-hybridized carbons (Fsp3) is 0.0909. The van der Waals surface area contributed by atoms with Crippen LogP contribution in [0.15, 0.2) is 34.0 Å². The Bertz CT molecular complexity index is 799. The number of hydrogen-bond donors (Lipinski definition) is 1. The van der Waals surface area contributed by atoms with Gasteiger partial charge in [0.25, 0.3) is 0 Å². The SMILES string of the molecule is O=c1[nH]c(=O)n(Cc2cc(Cl)ccc2F)cc1[N+](=O)[O-]. The first-order valence-corrected chi connectivity index (χ1v) is 5.68. The van der Waals surface area contributed by atoms with Crippen LogP contribution in [0, 0.1) is 15.9 Å². The Labute approximate surface area is 115 Å². The average molecular weight is 300 g/mol. The summed E-state index contributed by atoms with van der Waals surface area (Å²) in [4.78, 5) is 34.3. The van der Waals surface area contributed by atoms with Gasteiger partial charge in [0.05, 0.1) is 17.7 Å². The largest absolute Gasteiger partial charge is 0.350 e. The maximum Gasteiger partial charge on any atom is 0.350 e. The first kappa shape index (κ1) is 13.9. The number of halogens is 2. The third kappa shape index (κ3) is 2.75. The van der Waals surface area contributed by atoms with Gasteiger partial charge in [-0.2, -0.15) is 0 Å². The van der Waals surface area contributed by atoms with E-state index >= 15 is 0 Å². The Balaban J connectivity index is 2.51. The quantitative estimate of drug-likeness (QED) is 0.682. The Kier molecular flexibility index (Phi) is 3.66. The molecule has 104 valence electrons. The third-order valence-electron chi connectivity index (χ3n) is 2.54. The van der Waals surface area contributed by atoms with Gasteiger partial charge in [0.2, 0.25) is 0 Å². The van der Waals surface area contributed by atoms with Gasteiger partial charge in [-0.1, -0.05) is 11.6 Å². The Hall–Kier alpha value is -2.48. The van der Waals surface area contributed by atoms with Gasteiger partial charge in [0.1, 0.15) is 5.82 Å². The molecule has 0 unspecified atom stereocenters. The van der Waals surface area contributed by atoms with Crippen molar-refractivity contribution < 1.29 is 9.31 Å². The molecule has 0 radical (unpaired) electrons. The van der Waals surface area contributed by atoms with E-state index in [-0.39, 0.29) is 17.1 Å². The summed E-state index contributed by atoms with van der Waals surface area (Å²) in [6.07, 6.45) is 0.765. The molecule has 7 nitrogen and oxygen atoms in total. The lowest BCUT2D eigenvalue weighted by atomic mass is 10.2. The van der Waals surface area contributed by atoms with Crippen molar-refractivity contribution in [2.75, 3.05) is 0 Å². The molecular formula is C11H7ClFN3O4. The van der Waals surface area contributed by atoms with E-state index in [0.717, 1.165) is 16.8 Å². The Morgan fingerprint density at radius 1 is 1.40 bits per heavy atom. The van der Waals surface area contributed by atoms with Crippen LogP contribution in [0.2, 0.25) is 5.02 Å². The minimum atomic E-state index is -1.11. The molecule has 20 heavy (non-hydrogen) atoms. The fourth-order valence-electron chi connectivity index (χ4n) is 1.59. The number of rotatable bonds is 3. The van der Waals surface area contributed by atoms with E-state index in [1.165, 1.54) is 12.1 Å². The number of nitrogens with zero attached hydrogens (tertiary/aromatic N) is 2. The Morgan fingerprint density at radius 3 is 2.75 bits per heavy atom. The summed E-state index contributed by atoms with van der Waals surface area (Å²) in [6.45, 7) is -0.289. The second-order valence-corrected chi connectivity index (χ2v) is 4.33. The molecule has 1 aromatic heterocycles. The van der Waals surface area contributed by atoms with Crippen molar-refractivity contribution in [2.24, 2.45) is 0 Å². The van der Waals surface area contributed by atoms with Crippen molar-refractivity contribution in [2.45, 2.75) is 6.54 Å². The molecule has 2 rings (SSSR count). The number of nitro groups is 1. The molecular weight excluding hydrogens is 293 g/mol. The lowest BCUT2D eigenvalue weighted by molar-refractivity contribution is -0.386. The monoisotopic (exact) mass is 299 g/mol. The summed E-state index contributed by atoms with van der Waals surface area (Å²) >= 11 is 5.71. The van der Waals surface area contributed by atoms with Gasteiger partial charge < -0.3 is 0 Å². The molecule has 2 aromatic rings. The van der Waals surface area contributed by atoms with Gasteiger partial charge in [-0.15, -0.1) is 0 Å². The molecule has 0 fully saturated rings. The van der Waals surface area contributed by atoms with E-state index in [9.17, 15) is 24.1 Å². The van der Waals surface area contributed by atoms with Crippen LogP contribution in [0.25, 0.3) is 0 Å². The smallest absolute Gasteiger partial charge is 0.289 e. The van der Waals surface area contributed by atoms with Crippen molar-refractivity contribution in [3.05, 3.63) is 71.8 Å². The van der Waals surface area contributed by atoms with Gasteiger partial charge in [-0.05, 0) is 18.2 Å². The lowest BCUT2D eigenvalue weighted by Crippen LogP contribution is -2.31. The van der Waals surface area contributed by atoms with Crippen LogP contribution in [-0.2, 0) is 6.54 Å². The Morgan fingerprint density at radius 2 is 2.10 bits per heavy atom. The van der Waals surface area contributed by atoms with Crippen LogP contribution in [-0.4, -0.2) is 14.5 Å². The van der Waals surface area contributed by atoms with Crippen LogP contribution >= 0.6 is 11.6 Å². The minimum absolute atomic E-state index is 0.0703. The van der Waals surface area contributed by atoms with Crippen LogP contribution in [0.3, 0.4) is 0 Å². The average Bonchev–Trinajstić information content (AvgIpc) is 2.36. The van der Waals surface area contributed by atoms with Crippen molar-refractivity contribution in [3.8, 4) is 0 Å². The van der Waals surface area contributed by atoms with Crippen molar-refractivity contribution in [1.82, 2.24) is 9.55 Å². The number of benzene rings is 1. The zero-order chi connectivity index (χ0) is 14.9. The zero-order valence-corrected chi connectivity index (χ0v) is 10.6. The topological polar surface area (TPSA) is 98.0 Å². The van der Waals surface area contributed by atoms with Gasteiger partial charge in [0, 0.05) is 10.6 Å². The lowest BCUT2D eigenvalue weighted by Gasteiger charge is -2.06. The van der Waals surface area contributed by atoms with Crippen molar-refractivity contribution in [1.29, 1.82) is 0 Å². The summed E-state index contributed by atoms with van der Waals surface area (Å²) in [5.41, 5.74) is -2.71. The van der Waals surface area contributed by atoms with Crippen molar-refractivity contribution in [3.63, 3.8) is 0 Å². The predicted molar refractivity (Wildman–Crippen MR) is 68.5 cm³/mol. The summed E-state index contributed by atoms with van der Waals surface area (Å²) in [5, 5.41) is 10.9. The number of aromatic amines is 1. The normalized spacial score (nSPS) is 10.5. The molecule has 1 aromatic carbocycles. The first-order chi connectivity index (χ1) is 9.38. The molecule has 0 aliphatic carbocycles. The van der Waals surface area contributed by atoms with Crippen LogP contribution in [0.1, 0.15) is 5.56 Å². The molecule has 0 atom stereocenters. The number of hydrogen-bond acceptors (Lipinski definition) is 4. The van der Waals surface area contributed by atoms with Gasteiger partial charge in [-0.3, -0.25) is 24.5 Å². The summed E-state index contributed by atoms with van der Waals surface area (Å²) in [7, 11) is 0. The highest BCUT2D eigenvalue weighted by Crippen LogP contribution is 2.15. The maximum atomic E-state index is 13.5. The van der Waals surface area contributed by atoms with Gasteiger partial charge >= 0.3 is 16.9 Å². The molecule has 0 amide bonds. The third-order valence-corrected chi connectivity index (χ3v) is 2.77. The minimum Gasteiger partial charge on any atom is -0.289 e. The van der Waals surface area contributed by atoms with Gasteiger partial charge in [-0.25, -0.2) is 9.18 Å². The molecule has 0 saturated carbocycles. The maximum absolute atomic E-state index is 13.5. The number of H-pyrrole nitrogens is 1. The van der Waals surface area contributed by atoms with Crippen molar-refractivity contribution >= 4 is 17.3 Å². The van der Waals surface area contributed by atoms with E-state index in [1.807, 2.05) is 0 Å². The van der Waals surface area contributed by atoms with E-state index in [4.69, 9.17) is 11.6 Å². The highest BCUT2D eigenvalue weighted by Gasteiger charge is 2.15. The molecule has 0 aliphatic rings. The molecule has 0 aliphatic heterocycles.